The number of quaternary nitrogens is 1. The Morgan fingerprint density at radius 3 is 2.12 bits per heavy atom. The maximum atomic E-state index is 13.3. The first-order chi connectivity index (χ1) is 19.8. The Labute approximate surface area is 245 Å². The fourth-order valence-corrected chi connectivity index (χ4v) is 4.29. The van der Waals surface area contributed by atoms with Crippen molar-refractivity contribution in [3.05, 3.63) is 95.2 Å². The fraction of sp³-hybridized carbons (Fsp3) is 0.250. The summed E-state index contributed by atoms with van der Waals surface area (Å²) in [7, 11) is 7.99. The number of fused-ring (bicyclic) bond motifs is 1. The van der Waals surface area contributed by atoms with E-state index in [0.717, 1.165) is 32.3 Å². The number of nitrogen functional groups attached to an aromatic ring is 1. The van der Waals surface area contributed by atoms with E-state index in [1.54, 1.807) is 7.11 Å². The monoisotopic (exact) mass is 572 g/mol. The Balaban J connectivity index is 0.000000616. The number of hydrogen-bond acceptors (Lipinski definition) is 6. The van der Waals surface area contributed by atoms with E-state index >= 15 is 0 Å². The molecule has 0 atom stereocenters. The van der Waals surface area contributed by atoms with Crippen molar-refractivity contribution in [1.29, 1.82) is 5.41 Å². The number of carbonyl (C=O) groups is 3. The second-order valence-corrected chi connectivity index (χ2v) is 10.6. The maximum Gasteiger partial charge on any atom is 0.310 e. The van der Waals surface area contributed by atoms with Crippen LogP contribution < -0.4 is 20.3 Å². The Kier molecular flexibility index (Phi) is 10.2. The van der Waals surface area contributed by atoms with Gasteiger partial charge < -0.3 is 25.1 Å². The van der Waals surface area contributed by atoms with E-state index in [4.69, 9.17) is 15.9 Å². The van der Waals surface area contributed by atoms with Gasteiger partial charge in [-0.05, 0) is 53.6 Å². The Bertz CT molecular complexity index is 1590. The van der Waals surface area contributed by atoms with Crippen LogP contribution in [0.1, 0.15) is 41.0 Å². The molecule has 0 aliphatic carbocycles. The molecule has 0 bridgehead atoms. The van der Waals surface area contributed by atoms with Crippen molar-refractivity contribution < 1.29 is 23.9 Å². The molecule has 0 fully saturated rings. The van der Waals surface area contributed by atoms with E-state index in [2.05, 4.69) is 43.3 Å². The van der Waals surface area contributed by atoms with Crippen molar-refractivity contribution in [2.24, 2.45) is 5.73 Å². The Morgan fingerprint density at radius 1 is 0.905 bits per heavy atom. The van der Waals surface area contributed by atoms with Crippen molar-refractivity contribution in [1.82, 2.24) is 14.4 Å². The molecule has 4 N–H and O–H groups in total. The number of rotatable bonds is 8. The molecule has 1 amide bonds. The second-order valence-electron chi connectivity index (χ2n) is 10.6. The Hall–Kier alpha value is -4.96. The van der Waals surface area contributed by atoms with Crippen LogP contribution in [0.25, 0.3) is 10.9 Å². The number of nitrogens with one attached hydrogen (secondary N) is 2. The number of methoxy groups -OCH3 is 1. The second kappa shape index (κ2) is 13.6. The Morgan fingerprint density at radius 2 is 1.57 bits per heavy atom. The van der Waals surface area contributed by atoms with Crippen LogP contribution in [-0.4, -0.2) is 56.5 Å². The smallest absolute Gasteiger partial charge is 0.310 e. The van der Waals surface area contributed by atoms with Crippen LogP contribution >= 0.6 is 0 Å². The molecule has 1 aromatic heterocycles. The van der Waals surface area contributed by atoms with E-state index in [0.29, 0.717) is 24.3 Å². The summed E-state index contributed by atoms with van der Waals surface area (Å²) in [6.07, 6.45) is 0. The number of carbonyl (C=O) groups excluding carboxylic acids is 3. The minimum atomic E-state index is -0.562. The van der Waals surface area contributed by atoms with Crippen LogP contribution in [0.4, 0.5) is 5.69 Å². The van der Waals surface area contributed by atoms with Crippen LogP contribution in [0, 0.1) is 5.41 Å². The lowest BCUT2D eigenvalue weighted by Crippen LogP contribution is -2.34. The zero-order chi connectivity index (χ0) is 31.0. The average molecular weight is 573 g/mol. The van der Waals surface area contributed by atoms with E-state index < -0.39 is 11.9 Å². The van der Waals surface area contributed by atoms with Crippen LogP contribution in [0.15, 0.2) is 72.8 Å². The van der Waals surface area contributed by atoms with Crippen LogP contribution in [-0.2, 0) is 27.4 Å². The van der Waals surface area contributed by atoms with Gasteiger partial charge in [-0.25, -0.2) is 0 Å². The summed E-state index contributed by atoms with van der Waals surface area (Å²) in [5.41, 5.74) is 11.0. The average Bonchev–Trinajstić information content (AvgIpc) is 3.28. The largest absolute Gasteiger partial charge is 0.497 e. The van der Waals surface area contributed by atoms with E-state index in [-0.39, 0.29) is 11.7 Å². The topological polar surface area (TPSA) is 137 Å². The third-order valence-corrected chi connectivity index (χ3v) is 6.37. The van der Waals surface area contributed by atoms with Gasteiger partial charge in [-0.1, -0.05) is 30.3 Å². The summed E-state index contributed by atoms with van der Waals surface area (Å²) >= 11 is 0. The van der Waals surface area contributed by atoms with Gasteiger partial charge in [0.15, 0.2) is 0 Å². The quantitative estimate of drug-likeness (QED) is 0.0952. The SMILES string of the molecule is CC(=O)OC(C)=O.COc1ccc2c(c1)cc(C(=O)NCc1ccc([N+](C)(C)C)cc1)n2Cc1cccc(C(=N)N)c1. The van der Waals surface area contributed by atoms with Crippen LogP contribution in [0.5, 0.6) is 5.75 Å². The summed E-state index contributed by atoms with van der Waals surface area (Å²) in [5.74, 6) is -0.528. The van der Waals surface area contributed by atoms with Gasteiger partial charge in [0.05, 0.1) is 28.3 Å². The highest BCUT2D eigenvalue weighted by atomic mass is 16.6. The third kappa shape index (κ3) is 8.52. The van der Waals surface area contributed by atoms with Gasteiger partial charge in [0.2, 0.25) is 0 Å². The molecule has 42 heavy (non-hydrogen) atoms. The van der Waals surface area contributed by atoms with Gasteiger partial charge in [0, 0.05) is 43.4 Å². The molecule has 4 aromatic rings. The molecule has 0 saturated heterocycles. The van der Waals surface area contributed by atoms with E-state index in [1.165, 1.54) is 19.5 Å². The fourth-order valence-electron chi connectivity index (χ4n) is 4.29. The lowest BCUT2D eigenvalue weighted by Gasteiger charge is -2.23. The van der Waals surface area contributed by atoms with Crippen molar-refractivity contribution >= 4 is 40.3 Å². The minimum absolute atomic E-state index is 0.0168. The van der Waals surface area contributed by atoms with Gasteiger partial charge in [-0.3, -0.25) is 24.3 Å². The zero-order valence-corrected chi connectivity index (χ0v) is 24.9. The van der Waals surface area contributed by atoms with Crippen LogP contribution in [0.2, 0.25) is 0 Å². The van der Waals surface area contributed by atoms with Crippen molar-refractivity contribution in [2.45, 2.75) is 26.9 Å². The van der Waals surface area contributed by atoms with Gasteiger partial charge in [-0.2, -0.15) is 0 Å². The number of nitrogens with two attached hydrogens (primary N) is 1. The number of hydrogen-bond donors (Lipinski definition) is 3. The van der Waals surface area contributed by atoms with Gasteiger partial charge in [0.25, 0.3) is 5.91 Å². The number of esters is 2. The standard InChI is InChI=1S/C28H31N5O2.C4H6O3/c1-33(2,3)23-10-8-19(9-11-23)17-31-28(34)26-16-22-15-24(35-4)12-13-25(22)32(26)18-20-6-5-7-21(14-20)27(29)30;1-3(5)7-4(2)6/h5-16H,17-18H2,1-4H3,(H3-,29,30,31,34);1-2H3/p+1. The van der Waals surface area contributed by atoms with Crippen LogP contribution in [0.3, 0.4) is 0 Å². The number of benzene rings is 3. The number of amidine groups is 1. The highest BCUT2D eigenvalue weighted by Gasteiger charge is 2.17. The minimum Gasteiger partial charge on any atom is -0.497 e. The normalized spacial score (nSPS) is 10.8. The molecule has 3 aromatic carbocycles. The lowest BCUT2D eigenvalue weighted by molar-refractivity contribution is -0.156. The number of ether oxygens (including phenoxy) is 2. The molecule has 1 heterocycles. The van der Waals surface area contributed by atoms with Gasteiger partial charge in [0.1, 0.15) is 23.0 Å². The van der Waals surface area contributed by atoms with E-state index in [1.807, 2.05) is 65.2 Å². The zero-order valence-electron chi connectivity index (χ0n) is 24.9. The predicted octanol–water partition coefficient (Wildman–Crippen LogP) is 4.20. The number of aromatic nitrogens is 1. The number of nitrogens with zero attached hydrogens (tertiary/aromatic N) is 2. The summed E-state index contributed by atoms with van der Waals surface area (Å²) < 4.78 is 12.1. The maximum absolute atomic E-state index is 13.3. The predicted molar refractivity (Wildman–Crippen MR) is 165 cm³/mol. The molecule has 10 heteroatoms. The summed E-state index contributed by atoms with van der Waals surface area (Å²) in [6, 6.07) is 23.5. The van der Waals surface area contributed by atoms with Crippen molar-refractivity contribution in [3.63, 3.8) is 0 Å². The highest BCUT2D eigenvalue weighted by Crippen LogP contribution is 2.26. The van der Waals surface area contributed by atoms with E-state index in [9.17, 15) is 14.4 Å². The first kappa shape index (κ1) is 31.6. The van der Waals surface area contributed by atoms with Gasteiger partial charge >= 0.3 is 11.9 Å². The summed E-state index contributed by atoms with van der Waals surface area (Å²) in [4.78, 5) is 33.0. The lowest BCUT2D eigenvalue weighted by atomic mass is 10.1. The van der Waals surface area contributed by atoms with Crippen molar-refractivity contribution in [3.8, 4) is 5.75 Å². The molecule has 220 valence electrons. The first-order valence-corrected chi connectivity index (χ1v) is 13.3. The van der Waals surface area contributed by atoms with Gasteiger partial charge in [-0.15, -0.1) is 0 Å². The summed E-state index contributed by atoms with van der Waals surface area (Å²) in [5, 5.41) is 11.7. The molecule has 0 aliphatic rings. The molecular weight excluding hydrogens is 534 g/mol. The molecule has 0 spiro atoms. The highest BCUT2D eigenvalue weighted by molar-refractivity contribution is 5.99. The number of amides is 1. The molecule has 0 saturated carbocycles. The summed E-state index contributed by atoms with van der Waals surface area (Å²) in [6.45, 7) is 3.27. The van der Waals surface area contributed by atoms with Crippen molar-refractivity contribution in [2.75, 3.05) is 28.3 Å². The molecule has 0 radical (unpaired) electrons. The molecule has 0 unspecified atom stereocenters. The molecule has 4 rings (SSSR count). The molecule has 10 nitrogen and oxygen atoms in total. The molecular formula is C32H38N5O5+. The first-order valence-electron chi connectivity index (χ1n) is 13.3. The third-order valence-electron chi connectivity index (χ3n) is 6.37. The molecule has 0 aliphatic heterocycles.